The van der Waals surface area contributed by atoms with Gasteiger partial charge in [-0.3, -0.25) is 15.1 Å². The predicted octanol–water partition coefficient (Wildman–Crippen LogP) is 1.53. The van der Waals surface area contributed by atoms with Crippen LogP contribution in [0.3, 0.4) is 0 Å². The number of rotatable bonds is 7. The molecule has 0 atom stereocenters. The van der Waals surface area contributed by atoms with Crippen LogP contribution in [0.4, 0.5) is 4.79 Å². The van der Waals surface area contributed by atoms with Gasteiger partial charge in [-0.25, -0.2) is 4.79 Å². The summed E-state index contributed by atoms with van der Waals surface area (Å²) in [5, 5.41) is 13.0. The summed E-state index contributed by atoms with van der Waals surface area (Å²) in [6, 6.07) is 7.28. The van der Waals surface area contributed by atoms with Crippen molar-refractivity contribution in [2.75, 3.05) is 6.54 Å². The van der Waals surface area contributed by atoms with Crippen LogP contribution in [0, 0.1) is 5.41 Å². The highest BCUT2D eigenvalue weighted by molar-refractivity contribution is 5.93. The van der Waals surface area contributed by atoms with Crippen molar-refractivity contribution < 1.29 is 9.59 Å². The van der Waals surface area contributed by atoms with Crippen molar-refractivity contribution in [3.8, 4) is 0 Å². The second kappa shape index (κ2) is 9.45. The second-order valence-corrected chi connectivity index (χ2v) is 5.27. The molecule has 5 N–H and O–H groups in total. The van der Waals surface area contributed by atoms with Gasteiger partial charge in [0.15, 0.2) is 5.96 Å². The molecular formula is C16H25N5O2. The summed E-state index contributed by atoms with van der Waals surface area (Å²) in [6.07, 6.45) is 2.00. The van der Waals surface area contributed by atoms with Crippen LogP contribution in [0.5, 0.6) is 0 Å². The van der Waals surface area contributed by atoms with E-state index >= 15 is 0 Å². The minimum atomic E-state index is -0.271. The molecule has 0 aliphatic heterocycles. The van der Waals surface area contributed by atoms with Crippen molar-refractivity contribution >= 4 is 17.9 Å². The molecule has 0 spiro atoms. The summed E-state index contributed by atoms with van der Waals surface area (Å²) in [7, 11) is 0. The van der Waals surface area contributed by atoms with E-state index in [0.717, 1.165) is 24.0 Å². The molecule has 23 heavy (non-hydrogen) atoms. The van der Waals surface area contributed by atoms with Crippen molar-refractivity contribution in [2.45, 2.75) is 39.8 Å². The lowest BCUT2D eigenvalue weighted by Gasteiger charge is -2.18. The molecule has 0 radical (unpaired) electrons. The van der Waals surface area contributed by atoms with Crippen molar-refractivity contribution in [3.05, 3.63) is 35.4 Å². The van der Waals surface area contributed by atoms with Gasteiger partial charge in [0.05, 0.1) is 6.54 Å². The summed E-state index contributed by atoms with van der Waals surface area (Å²) in [4.78, 5) is 24.1. The molecule has 7 heteroatoms. The normalized spacial score (nSPS) is 10.0. The Morgan fingerprint density at radius 2 is 1.78 bits per heavy atom. The predicted molar refractivity (Wildman–Crippen MR) is 89.7 cm³/mol. The minimum absolute atomic E-state index is 0.179. The number of guanidine groups is 1. The second-order valence-electron chi connectivity index (χ2n) is 5.27. The Morgan fingerprint density at radius 1 is 1.17 bits per heavy atom. The van der Waals surface area contributed by atoms with E-state index in [-0.39, 0.29) is 24.4 Å². The lowest BCUT2D eigenvalue weighted by Crippen LogP contribution is -2.39. The number of hydrogen-bond acceptors (Lipinski definition) is 3. The number of carbonyl (C=O) groups is 2. The van der Waals surface area contributed by atoms with Gasteiger partial charge < -0.3 is 16.4 Å². The number of benzene rings is 1. The fourth-order valence-electron chi connectivity index (χ4n) is 1.93. The van der Waals surface area contributed by atoms with E-state index in [9.17, 15) is 9.59 Å². The number of carbonyl (C=O) groups excluding carboxylic acids is 2. The van der Waals surface area contributed by atoms with Crippen LogP contribution < -0.4 is 16.4 Å². The molecule has 1 rings (SSSR count). The average molecular weight is 319 g/mol. The van der Waals surface area contributed by atoms with Crippen LogP contribution in [0.2, 0.25) is 0 Å². The minimum Gasteiger partial charge on any atom is -0.370 e. The van der Waals surface area contributed by atoms with E-state index in [0.29, 0.717) is 13.1 Å². The summed E-state index contributed by atoms with van der Waals surface area (Å²) in [6.45, 7) is 4.81. The van der Waals surface area contributed by atoms with Gasteiger partial charge in [0, 0.05) is 20.0 Å². The highest BCUT2D eigenvalue weighted by Crippen LogP contribution is 2.08. The third-order valence-electron chi connectivity index (χ3n) is 3.30. The van der Waals surface area contributed by atoms with Crippen molar-refractivity contribution in [1.29, 1.82) is 5.41 Å². The molecule has 0 aliphatic carbocycles. The van der Waals surface area contributed by atoms with Crippen molar-refractivity contribution in [3.63, 3.8) is 0 Å². The van der Waals surface area contributed by atoms with E-state index in [1.54, 1.807) is 0 Å². The van der Waals surface area contributed by atoms with Gasteiger partial charge in [0.1, 0.15) is 0 Å². The van der Waals surface area contributed by atoms with Crippen LogP contribution in [0.25, 0.3) is 0 Å². The first-order valence-corrected chi connectivity index (χ1v) is 7.65. The van der Waals surface area contributed by atoms with E-state index < -0.39 is 0 Å². The summed E-state index contributed by atoms with van der Waals surface area (Å²) in [5.41, 5.74) is 7.20. The smallest absolute Gasteiger partial charge is 0.315 e. The monoisotopic (exact) mass is 319 g/mol. The van der Waals surface area contributed by atoms with Crippen LogP contribution in [-0.4, -0.2) is 29.3 Å². The van der Waals surface area contributed by atoms with Crippen molar-refractivity contribution in [1.82, 2.24) is 15.5 Å². The molecule has 0 saturated heterocycles. The third-order valence-corrected chi connectivity index (χ3v) is 3.30. The van der Waals surface area contributed by atoms with E-state index in [4.69, 9.17) is 11.1 Å². The van der Waals surface area contributed by atoms with Crippen molar-refractivity contribution in [2.24, 2.45) is 5.73 Å². The van der Waals surface area contributed by atoms with Gasteiger partial charge in [0.25, 0.3) is 0 Å². The highest BCUT2D eigenvalue weighted by Gasteiger charge is 2.12. The Morgan fingerprint density at radius 3 is 2.30 bits per heavy atom. The molecule has 0 saturated carbocycles. The van der Waals surface area contributed by atoms with Gasteiger partial charge in [-0.1, -0.05) is 37.6 Å². The largest absolute Gasteiger partial charge is 0.370 e. The Labute approximate surface area is 136 Å². The molecule has 0 bridgehead atoms. The maximum absolute atomic E-state index is 11.5. The summed E-state index contributed by atoms with van der Waals surface area (Å²) >= 11 is 0. The van der Waals surface area contributed by atoms with Gasteiger partial charge in [0.2, 0.25) is 5.91 Å². The number of nitrogens with one attached hydrogen (secondary N) is 3. The first-order chi connectivity index (χ1) is 10.9. The van der Waals surface area contributed by atoms with E-state index in [1.807, 2.05) is 24.3 Å². The van der Waals surface area contributed by atoms with Crippen LogP contribution in [-0.2, 0) is 17.9 Å². The number of nitrogens with two attached hydrogens (primary N) is 1. The highest BCUT2D eigenvalue weighted by atomic mass is 16.2. The summed E-state index contributed by atoms with van der Waals surface area (Å²) < 4.78 is 0. The number of unbranched alkanes of at least 4 members (excludes halogenated alkanes) is 1. The zero-order chi connectivity index (χ0) is 17.2. The molecule has 126 valence electrons. The molecule has 0 aromatic heterocycles. The quantitative estimate of drug-likeness (QED) is 0.347. The zero-order valence-electron chi connectivity index (χ0n) is 13.7. The van der Waals surface area contributed by atoms with E-state index in [2.05, 4.69) is 17.6 Å². The van der Waals surface area contributed by atoms with Gasteiger partial charge in [-0.05, 0) is 17.5 Å². The Hall–Kier alpha value is -2.57. The number of hydrogen-bond donors (Lipinski definition) is 4. The lowest BCUT2D eigenvalue weighted by atomic mass is 10.1. The number of amides is 3. The maximum atomic E-state index is 11.5. The van der Waals surface area contributed by atoms with Gasteiger partial charge >= 0.3 is 6.03 Å². The maximum Gasteiger partial charge on any atom is 0.315 e. The third kappa shape index (κ3) is 6.82. The topological polar surface area (TPSA) is 111 Å². The van der Waals surface area contributed by atoms with E-state index in [1.165, 1.54) is 11.8 Å². The first kappa shape index (κ1) is 18.5. The molecule has 0 fully saturated rings. The molecule has 0 heterocycles. The fourth-order valence-corrected chi connectivity index (χ4v) is 1.93. The number of nitrogens with zero attached hydrogens (tertiary/aromatic N) is 1. The fraction of sp³-hybridized carbons (Fsp3) is 0.438. The molecule has 0 aliphatic rings. The zero-order valence-corrected chi connectivity index (χ0v) is 13.7. The standard InChI is InChI=1S/C16H25N5O2/c1-3-4-9-19-16(23)20-10-13-5-7-14(8-6-13)11-21(12(2)22)15(17)18/h5-8H,3-4,9-11H2,1-2H3,(H3,17,18)(H2,19,20,23). The van der Waals surface area contributed by atoms with Gasteiger partial charge in [-0.2, -0.15) is 0 Å². The molecular weight excluding hydrogens is 294 g/mol. The lowest BCUT2D eigenvalue weighted by molar-refractivity contribution is -0.125. The summed E-state index contributed by atoms with van der Waals surface area (Å²) in [5.74, 6) is -0.543. The first-order valence-electron chi connectivity index (χ1n) is 7.65. The molecule has 7 nitrogen and oxygen atoms in total. The Bertz CT molecular complexity index is 528. The number of urea groups is 1. The molecule has 1 aromatic carbocycles. The Balaban J connectivity index is 2.48. The molecule has 3 amide bonds. The average Bonchev–Trinajstić information content (AvgIpc) is 2.51. The van der Waals surface area contributed by atoms with Crippen LogP contribution in [0.1, 0.15) is 37.8 Å². The van der Waals surface area contributed by atoms with Gasteiger partial charge in [-0.15, -0.1) is 0 Å². The van der Waals surface area contributed by atoms with Crippen LogP contribution >= 0.6 is 0 Å². The molecule has 0 unspecified atom stereocenters. The SMILES string of the molecule is CCCCNC(=O)NCc1ccc(CN(C(=N)N)C(C)=O)cc1. The molecule has 1 aromatic rings. The Kier molecular flexibility index (Phi) is 7.59. The van der Waals surface area contributed by atoms with Crippen LogP contribution in [0.15, 0.2) is 24.3 Å².